The molecule has 2 rings (SSSR count). The van der Waals surface area contributed by atoms with Gasteiger partial charge in [0, 0.05) is 18.0 Å². The number of nitrogens with zero attached hydrogens (tertiary/aromatic N) is 1. The Kier molecular flexibility index (Phi) is 4.11. The first-order valence-electron chi connectivity index (χ1n) is 6.46. The van der Waals surface area contributed by atoms with E-state index in [1.165, 1.54) is 6.42 Å². The molecule has 0 aliphatic carbocycles. The zero-order valence-corrected chi connectivity index (χ0v) is 10.6. The van der Waals surface area contributed by atoms with Gasteiger partial charge in [-0.3, -0.25) is 4.79 Å². The van der Waals surface area contributed by atoms with Crippen molar-refractivity contribution in [1.29, 1.82) is 5.26 Å². The molecule has 1 saturated heterocycles. The van der Waals surface area contributed by atoms with Crippen molar-refractivity contribution in [3.8, 4) is 6.07 Å². The van der Waals surface area contributed by atoms with Gasteiger partial charge in [-0.15, -0.1) is 0 Å². The molecule has 0 radical (unpaired) electrons. The van der Waals surface area contributed by atoms with Crippen molar-refractivity contribution >= 4 is 5.78 Å². The molecule has 1 aliphatic heterocycles. The van der Waals surface area contributed by atoms with Crippen molar-refractivity contribution in [2.75, 3.05) is 6.54 Å². The second kappa shape index (κ2) is 5.79. The Balaban J connectivity index is 2.01. The van der Waals surface area contributed by atoms with E-state index >= 15 is 0 Å². The summed E-state index contributed by atoms with van der Waals surface area (Å²) in [4.78, 5) is 12.1. The molecule has 0 saturated carbocycles. The monoisotopic (exact) mass is 242 g/mol. The summed E-state index contributed by atoms with van der Waals surface area (Å²) in [6.45, 7) is 3.23. The molecule has 1 aromatic rings. The Morgan fingerprint density at radius 3 is 3.11 bits per heavy atom. The van der Waals surface area contributed by atoms with E-state index < -0.39 is 0 Å². The molecule has 1 heterocycles. The SMILES string of the molecule is CC1CCNC(CC(=O)c2cccc(C#N)c2)C1. The van der Waals surface area contributed by atoms with Crippen LogP contribution in [0.2, 0.25) is 0 Å². The maximum absolute atomic E-state index is 12.1. The van der Waals surface area contributed by atoms with Gasteiger partial charge in [0.15, 0.2) is 5.78 Å². The molecule has 3 nitrogen and oxygen atoms in total. The van der Waals surface area contributed by atoms with Crippen LogP contribution in [0.4, 0.5) is 0 Å². The van der Waals surface area contributed by atoms with E-state index in [2.05, 4.69) is 18.3 Å². The molecule has 1 fully saturated rings. The molecule has 0 spiro atoms. The number of nitrogens with one attached hydrogen (secondary N) is 1. The predicted molar refractivity (Wildman–Crippen MR) is 70.3 cm³/mol. The number of carbonyl (C=O) groups is 1. The van der Waals surface area contributed by atoms with Crippen LogP contribution in [0.5, 0.6) is 0 Å². The van der Waals surface area contributed by atoms with Gasteiger partial charge in [-0.2, -0.15) is 5.26 Å². The van der Waals surface area contributed by atoms with Crippen LogP contribution in [0.25, 0.3) is 0 Å². The van der Waals surface area contributed by atoms with Crippen molar-refractivity contribution in [3.63, 3.8) is 0 Å². The lowest BCUT2D eigenvalue weighted by Crippen LogP contribution is -2.38. The third kappa shape index (κ3) is 3.18. The molecule has 0 amide bonds. The number of rotatable bonds is 3. The molecule has 1 aromatic carbocycles. The number of hydrogen-bond donors (Lipinski definition) is 1. The summed E-state index contributed by atoms with van der Waals surface area (Å²) < 4.78 is 0. The average molecular weight is 242 g/mol. The van der Waals surface area contributed by atoms with Crippen molar-refractivity contribution in [3.05, 3.63) is 35.4 Å². The number of hydrogen-bond acceptors (Lipinski definition) is 3. The minimum atomic E-state index is 0.124. The molecular weight excluding hydrogens is 224 g/mol. The van der Waals surface area contributed by atoms with Gasteiger partial charge in [0.05, 0.1) is 11.6 Å². The third-order valence-corrected chi connectivity index (χ3v) is 3.50. The first-order valence-corrected chi connectivity index (χ1v) is 6.46. The number of carbonyl (C=O) groups excluding carboxylic acids is 1. The summed E-state index contributed by atoms with van der Waals surface area (Å²) in [5.74, 6) is 0.813. The maximum Gasteiger partial charge on any atom is 0.164 e. The van der Waals surface area contributed by atoms with Crippen molar-refractivity contribution in [1.82, 2.24) is 5.32 Å². The largest absolute Gasteiger partial charge is 0.314 e. The van der Waals surface area contributed by atoms with Crippen LogP contribution >= 0.6 is 0 Å². The van der Waals surface area contributed by atoms with Gasteiger partial charge < -0.3 is 5.32 Å². The fourth-order valence-electron chi connectivity index (χ4n) is 2.48. The number of ketones is 1. The number of piperidine rings is 1. The number of benzene rings is 1. The molecule has 3 heteroatoms. The Bertz CT molecular complexity index is 476. The van der Waals surface area contributed by atoms with Crippen molar-refractivity contribution in [2.45, 2.75) is 32.2 Å². The number of nitriles is 1. The van der Waals surface area contributed by atoms with Crippen molar-refractivity contribution < 1.29 is 4.79 Å². The summed E-state index contributed by atoms with van der Waals surface area (Å²) in [6.07, 6.45) is 2.78. The number of Topliss-reactive ketones (excluding diaryl/α,β-unsaturated/α-hetero) is 1. The van der Waals surface area contributed by atoms with Crippen LogP contribution in [-0.4, -0.2) is 18.4 Å². The molecular formula is C15H18N2O. The molecule has 1 aliphatic rings. The summed E-state index contributed by atoms with van der Waals surface area (Å²) >= 11 is 0. The van der Waals surface area contributed by atoms with Gasteiger partial charge in [0.25, 0.3) is 0 Å². The minimum absolute atomic E-state index is 0.124. The van der Waals surface area contributed by atoms with E-state index in [1.54, 1.807) is 24.3 Å². The third-order valence-electron chi connectivity index (χ3n) is 3.50. The normalized spacial score (nSPS) is 23.3. The van der Waals surface area contributed by atoms with Crippen LogP contribution in [0.15, 0.2) is 24.3 Å². The molecule has 94 valence electrons. The van der Waals surface area contributed by atoms with Gasteiger partial charge in [-0.05, 0) is 37.4 Å². The highest BCUT2D eigenvalue weighted by Gasteiger charge is 2.21. The highest BCUT2D eigenvalue weighted by Crippen LogP contribution is 2.19. The Morgan fingerprint density at radius 1 is 1.56 bits per heavy atom. The van der Waals surface area contributed by atoms with E-state index in [0.717, 1.165) is 13.0 Å². The topological polar surface area (TPSA) is 52.9 Å². The van der Waals surface area contributed by atoms with Crippen LogP contribution in [-0.2, 0) is 0 Å². The van der Waals surface area contributed by atoms with E-state index in [-0.39, 0.29) is 11.8 Å². The quantitative estimate of drug-likeness (QED) is 0.829. The van der Waals surface area contributed by atoms with Crippen LogP contribution < -0.4 is 5.32 Å². The first kappa shape index (κ1) is 12.8. The Labute approximate surface area is 108 Å². The van der Waals surface area contributed by atoms with Crippen LogP contribution in [0, 0.1) is 17.2 Å². The molecule has 18 heavy (non-hydrogen) atoms. The maximum atomic E-state index is 12.1. The van der Waals surface area contributed by atoms with E-state index in [1.807, 2.05) is 0 Å². The molecule has 0 aromatic heterocycles. The second-order valence-corrected chi connectivity index (χ2v) is 5.10. The molecule has 1 N–H and O–H groups in total. The summed E-state index contributed by atoms with van der Waals surface area (Å²) in [5.41, 5.74) is 1.19. The average Bonchev–Trinajstić information content (AvgIpc) is 2.39. The molecule has 0 bridgehead atoms. The Morgan fingerprint density at radius 2 is 2.39 bits per heavy atom. The zero-order valence-electron chi connectivity index (χ0n) is 10.6. The fraction of sp³-hybridized carbons (Fsp3) is 0.467. The lowest BCUT2D eigenvalue weighted by Gasteiger charge is -2.27. The van der Waals surface area contributed by atoms with E-state index in [4.69, 9.17) is 5.26 Å². The Hall–Kier alpha value is -1.66. The molecule has 2 atom stereocenters. The van der Waals surface area contributed by atoms with Crippen LogP contribution in [0.1, 0.15) is 42.1 Å². The minimum Gasteiger partial charge on any atom is -0.314 e. The van der Waals surface area contributed by atoms with Gasteiger partial charge in [0.2, 0.25) is 0 Å². The lowest BCUT2D eigenvalue weighted by molar-refractivity contribution is 0.0959. The van der Waals surface area contributed by atoms with E-state index in [0.29, 0.717) is 23.5 Å². The van der Waals surface area contributed by atoms with Crippen LogP contribution in [0.3, 0.4) is 0 Å². The smallest absolute Gasteiger partial charge is 0.164 e. The summed E-state index contributed by atoms with van der Waals surface area (Å²) in [6, 6.07) is 9.30. The van der Waals surface area contributed by atoms with Gasteiger partial charge in [-0.25, -0.2) is 0 Å². The van der Waals surface area contributed by atoms with Gasteiger partial charge in [-0.1, -0.05) is 19.1 Å². The van der Waals surface area contributed by atoms with Gasteiger partial charge >= 0.3 is 0 Å². The highest BCUT2D eigenvalue weighted by molar-refractivity contribution is 5.96. The predicted octanol–water partition coefficient (Wildman–Crippen LogP) is 2.52. The second-order valence-electron chi connectivity index (χ2n) is 5.10. The van der Waals surface area contributed by atoms with Crippen molar-refractivity contribution in [2.24, 2.45) is 5.92 Å². The standard InChI is InChI=1S/C15H18N2O/c1-11-5-6-17-14(7-11)9-15(18)13-4-2-3-12(8-13)10-16/h2-4,8,11,14,17H,5-7,9H2,1H3. The first-order chi connectivity index (χ1) is 8.69. The highest BCUT2D eigenvalue weighted by atomic mass is 16.1. The fourth-order valence-corrected chi connectivity index (χ4v) is 2.48. The zero-order chi connectivity index (χ0) is 13.0. The lowest BCUT2D eigenvalue weighted by atomic mass is 9.90. The summed E-state index contributed by atoms with van der Waals surface area (Å²) in [5, 5.41) is 12.2. The van der Waals surface area contributed by atoms with E-state index in [9.17, 15) is 4.79 Å². The summed E-state index contributed by atoms with van der Waals surface area (Å²) in [7, 11) is 0. The molecule has 2 unspecified atom stereocenters. The van der Waals surface area contributed by atoms with Gasteiger partial charge in [0.1, 0.15) is 0 Å².